The zero-order chi connectivity index (χ0) is 62.2. The van der Waals surface area contributed by atoms with E-state index in [1.54, 1.807) is 32.9 Å². The fourth-order valence-electron chi connectivity index (χ4n) is 15.4. The summed E-state index contributed by atoms with van der Waals surface area (Å²) >= 11 is 0. The van der Waals surface area contributed by atoms with Gasteiger partial charge < -0.3 is 62.1 Å². The number of carboxylic acid groups (broad SMARTS) is 7. The number of fused-ring (bicyclic) bond motifs is 7. The lowest BCUT2D eigenvalue weighted by molar-refractivity contribution is -0.207. The van der Waals surface area contributed by atoms with Gasteiger partial charge in [-0.15, -0.1) is 0 Å². The highest BCUT2D eigenvalue weighted by Crippen LogP contribution is 2.69. The Hall–Kier alpha value is -5.27. The molecule has 8 rings (SSSR count). The number of hydrogen-bond acceptors (Lipinski definition) is 14. The molecule has 0 aromatic heterocycles. The van der Waals surface area contributed by atoms with Crippen molar-refractivity contribution < 1.29 is 102 Å². The highest BCUT2D eigenvalue weighted by molar-refractivity contribution is 7.85. The maximum atomic E-state index is 11.9. The van der Waals surface area contributed by atoms with E-state index in [0.717, 1.165) is 51.4 Å². The molecule has 1 aromatic carbocycles. The van der Waals surface area contributed by atoms with Crippen molar-refractivity contribution in [3.05, 3.63) is 29.8 Å². The number of carbonyl (C=O) groups excluding carboxylic acids is 2. The van der Waals surface area contributed by atoms with Crippen molar-refractivity contribution in [3.8, 4) is 0 Å². The number of benzene rings is 1. The summed E-state index contributed by atoms with van der Waals surface area (Å²) in [4.78, 5) is 84.1. The maximum Gasteiger partial charge on any atom is 0.503 e. The van der Waals surface area contributed by atoms with E-state index in [2.05, 4.69) is 26.1 Å². The average molecular weight is 1170 g/mol. The SMILES string of the molecule is CC(=O)Nc1ccc(C(=O)O)cc1.CC1(C(=O)O)CCC(C(=O)O)C1(C)C.CC1(C)C2CCC1(CS(=O)(=O)O)C(=O)C2.C[C@H](CCC(=O)O)[C@H]1CCC2C3C(C[C@H](O)[C@@]21C)[C@@]1(C)CC[C@@H](O)C[C@H]1C[C@H]3O.NCCC(=O)O.O=C(O)O. The normalized spacial score (nSPS) is 34.6. The minimum Gasteiger partial charge on any atom is -0.481 e. The van der Waals surface area contributed by atoms with E-state index in [-0.39, 0.29) is 82.8 Å². The number of nitrogens with two attached hydrogens (primary N) is 1. The van der Waals surface area contributed by atoms with Gasteiger partial charge in [0.05, 0.1) is 52.8 Å². The zero-order valence-electron chi connectivity index (χ0n) is 48.2. The van der Waals surface area contributed by atoms with Crippen LogP contribution in [0.1, 0.15) is 169 Å². The van der Waals surface area contributed by atoms with Crippen LogP contribution in [0.4, 0.5) is 10.5 Å². The molecule has 81 heavy (non-hydrogen) atoms. The highest BCUT2D eigenvalue weighted by atomic mass is 32.2. The number of aromatic carboxylic acids is 1. The van der Waals surface area contributed by atoms with Crippen LogP contribution >= 0.6 is 0 Å². The van der Waals surface area contributed by atoms with Gasteiger partial charge in [0, 0.05) is 32.0 Å². The number of carbonyl (C=O) groups is 8. The monoisotopic (exact) mass is 1170 g/mol. The van der Waals surface area contributed by atoms with E-state index in [9.17, 15) is 57.3 Å². The molecule has 7 fully saturated rings. The molecule has 460 valence electrons. The minimum atomic E-state index is -4.08. The van der Waals surface area contributed by atoms with Gasteiger partial charge in [0.2, 0.25) is 5.91 Å². The van der Waals surface area contributed by atoms with Crippen molar-refractivity contribution in [2.75, 3.05) is 17.6 Å². The van der Waals surface area contributed by atoms with Gasteiger partial charge in [-0.2, -0.15) is 8.42 Å². The van der Waals surface area contributed by atoms with E-state index in [1.807, 2.05) is 13.8 Å². The smallest absolute Gasteiger partial charge is 0.481 e. The Morgan fingerprint density at radius 3 is 1.69 bits per heavy atom. The third-order valence-corrected chi connectivity index (χ3v) is 21.6. The summed E-state index contributed by atoms with van der Waals surface area (Å²) < 4.78 is 31.0. The molecule has 23 nitrogen and oxygen atoms in total. The number of ketones is 1. The Bertz CT molecular complexity index is 2530. The van der Waals surface area contributed by atoms with Crippen molar-refractivity contribution in [2.45, 2.75) is 177 Å². The second-order valence-electron chi connectivity index (χ2n) is 25.4. The molecule has 24 heteroatoms. The lowest BCUT2D eigenvalue weighted by atomic mass is 9.43. The van der Waals surface area contributed by atoms with Crippen LogP contribution in [-0.2, 0) is 38.9 Å². The van der Waals surface area contributed by atoms with E-state index in [4.69, 9.17) is 50.8 Å². The Kier molecular flexibility index (Phi) is 23.7. The van der Waals surface area contributed by atoms with Crippen molar-refractivity contribution in [2.24, 2.45) is 85.6 Å². The summed E-state index contributed by atoms with van der Waals surface area (Å²) in [5.74, 6) is -3.43. The molecule has 7 aliphatic rings. The lowest BCUT2D eigenvalue weighted by Gasteiger charge is -2.63. The number of Topliss-reactive ketones (excluding diaryl/α,β-unsaturated/α-hetero) is 1. The summed E-state index contributed by atoms with van der Waals surface area (Å²) in [6.07, 6.45) is 7.09. The largest absolute Gasteiger partial charge is 0.503 e. The number of amides is 1. The van der Waals surface area contributed by atoms with Crippen LogP contribution in [-0.4, -0.2) is 142 Å². The van der Waals surface area contributed by atoms with Crippen LogP contribution in [0.25, 0.3) is 0 Å². The molecule has 7 saturated carbocycles. The van der Waals surface area contributed by atoms with Crippen LogP contribution in [0.5, 0.6) is 0 Å². The molecule has 0 radical (unpaired) electrons. The van der Waals surface area contributed by atoms with E-state index in [0.29, 0.717) is 61.5 Å². The first-order valence-electron chi connectivity index (χ1n) is 27.8. The summed E-state index contributed by atoms with van der Waals surface area (Å²) in [6.45, 7) is 17.3. The molecule has 7 unspecified atom stereocenters. The highest BCUT2D eigenvalue weighted by Gasteiger charge is 2.67. The van der Waals surface area contributed by atoms with Gasteiger partial charge in [0.1, 0.15) is 5.78 Å². The summed E-state index contributed by atoms with van der Waals surface area (Å²) in [5.41, 5.74) is 2.77. The second-order valence-corrected chi connectivity index (χ2v) is 26.8. The first kappa shape index (κ1) is 70.0. The van der Waals surface area contributed by atoms with Gasteiger partial charge in [-0.1, -0.05) is 48.5 Å². The van der Waals surface area contributed by atoms with Crippen LogP contribution < -0.4 is 11.1 Å². The number of aliphatic hydroxyl groups excluding tert-OH is 3. The topological polar surface area (TPSA) is 431 Å². The third-order valence-electron chi connectivity index (χ3n) is 20.7. The molecule has 0 saturated heterocycles. The Morgan fingerprint density at radius 1 is 0.716 bits per heavy atom. The van der Waals surface area contributed by atoms with E-state index >= 15 is 0 Å². The van der Waals surface area contributed by atoms with Crippen molar-refractivity contribution in [1.29, 1.82) is 0 Å². The predicted octanol–water partition coefficient (Wildman–Crippen LogP) is 7.30. The predicted molar refractivity (Wildman–Crippen MR) is 295 cm³/mol. The minimum absolute atomic E-state index is 0.0152. The first-order valence-corrected chi connectivity index (χ1v) is 29.4. The van der Waals surface area contributed by atoms with E-state index < -0.39 is 80.1 Å². The van der Waals surface area contributed by atoms with E-state index in [1.165, 1.54) is 19.1 Å². The number of aliphatic hydroxyl groups is 3. The van der Waals surface area contributed by atoms with Crippen LogP contribution in [0.3, 0.4) is 0 Å². The molecule has 1 amide bonds. The molecular formula is C57H90N2O21S. The van der Waals surface area contributed by atoms with Crippen molar-refractivity contribution >= 4 is 63.5 Å². The molecule has 7 aliphatic carbocycles. The lowest BCUT2D eigenvalue weighted by Crippen LogP contribution is -2.62. The van der Waals surface area contributed by atoms with Gasteiger partial charge in [-0.3, -0.25) is 33.3 Å². The van der Waals surface area contributed by atoms with Crippen LogP contribution in [0.15, 0.2) is 24.3 Å². The number of hydrogen-bond donors (Lipinski definition) is 13. The van der Waals surface area contributed by atoms with Crippen LogP contribution in [0, 0.1) is 79.8 Å². The number of carboxylic acids is 5. The van der Waals surface area contributed by atoms with Gasteiger partial charge in [-0.25, -0.2) is 9.59 Å². The quantitative estimate of drug-likeness (QED) is 0.0912. The molecule has 2 bridgehead atoms. The Balaban J connectivity index is 0.000000283. The summed E-state index contributed by atoms with van der Waals surface area (Å²) in [5, 5.41) is 93.0. The molecular weight excluding hydrogens is 1080 g/mol. The van der Waals surface area contributed by atoms with Crippen molar-refractivity contribution in [3.63, 3.8) is 0 Å². The molecule has 0 aliphatic heterocycles. The first-order chi connectivity index (χ1) is 37.1. The second kappa shape index (κ2) is 27.4. The van der Waals surface area contributed by atoms with Crippen LogP contribution in [0.2, 0.25) is 0 Å². The maximum absolute atomic E-state index is 11.9. The average Bonchev–Trinajstić information content (AvgIpc) is 4.22. The third kappa shape index (κ3) is 15.9. The number of anilines is 1. The molecule has 14 N–H and O–H groups in total. The number of aliphatic carboxylic acids is 4. The summed E-state index contributed by atoms with van der Waals surface area (Å²) in [6, 6.07) is 5.97. The summed E-state index contributed by atoms with van der Waals surface area (Å²) in [7, 11) is -4.08. The zero-order valence-corrected chi connectivity index (χ0v) is 49.0. The molecule has 0 heterocycles. The van der Waals surface area contributed by atoms with Crippen molar-refractivity contribution in [1.82, 2.24) is 0 Å². The van der Waals surface area contributed by atoms with Gasteiger partial charge >= 0.3 is 36.0 Å². The Labute approximate surface area is 474 Å². The molecule has 0 spiro atoms. The Morgan fingerprint density at radius 2 is 1.28 bits per heavy atom. The fraction of sp³-hybridized carbons (Fsp3) is 0.754. The molecule has 1 aromatic rings. The fourth-order valence-corrected chi connectivity index (χ4v) is 16.7. The number of nitrogens with one attached hydrogen (secondary N) is 1. The number of rotatable bonds is 12. The standard InChI is InChI=1S/C24H40O5.C10H16O4S.C10H16O4.C9H9NO3.C3H7NO2.CH2O3/c1-13(4-7-21(28)29)16-5-6-17-22-18(12-20(27)24(16,17)3)23(2)9-8-15(25)10-14(23)11-19(22)26;1-9(2)7-3-4-10(9,8(11)5-7)6-15(12,13)14;1-9(2)6(7(11)12)4-5-10(9,3)8(13)14;1-6(11)10-8-4-2-7(3-5-8)9(12)13;4-2-1-3(5)6;2-1(3)4/h13-20,22,25-27H,4-12H2,1-3H3,(H,28,29);7H,3-6H2,1-2H3,(H,12,13,14);6H,4-5H2,1-3H3,(H,11,12)(H,13,14);2-5H,1H3,(H,10,11)(H,12,13);1-2,4H2,(H,5,6);(H2,2,3,4)/t13-,14+,15-,16-,17?,18?,19-,20+,22?,23+,24-;;;;;/m1...../s1. The van der Waals surface area contributed by atoms with Gasteiger partial charge in [0.25, 0.3) is 10.1 Å². The molecule has 15 atom stereocenters. The van der Waals surface area contributed by atoms with Gasteiger partial charge in [0.15, 0.2) is 0 Å². The van der Waals surface area contributed by atoms with Gasteiger partial charge in [-0.05, 0) is 171 Å².